The number of para-hydroxylation sites is 1. The summed E-state index contributed by atoms with van der Waals surface area (Å²) in [6.45, 7) is 5.10. The zero-order chi connectivity index (χ0) is 19.6. The van der Waals surface area contributed by atoms with E-state index in [0.29, 0.717) is 31.1 Å². The summed E-state index contributed by atoms with van der Waals surface area (Å²) in [5.74, 6) is -0.206. The lowest BCUT2D eigenvalue weighted by Gasteiger charge is -2.22. The minimum atomic E-state index is -3.68. The summed E-state index contributed by atoms with van der Waals surface area (Å²) < 4.78 is 34.4. The molecule has 1 aromatic carbocycles. The summed E-state index contributed by atoms with van der Waals surface area (Å²) >= 11 is 0. The Bertz CT molecular complexity index is 937. The lowest BCUT2D eigenvalue weighted by atomic mass is 10.2. The van der Waals surface area contributed by atoms with Crippen LogP contribution < -0.4 is 5.32 Å². The number of nitrogens with zero attached hydrogens (tertiary/aromatic N) is 3. The van der Waals surface area contributed by atoms with Gasteiger partial charge in [0.05, 0.1) is 24.5 Å². The van der Waals surface area contributed by atoms with Crippen LogP contribution in [-0.2, 0) is 21.3 Å². The van der Waals surface area contributed by atoms with Crippen LogP contribution in [-0.4, -0.2) is 55.0 Å². The first kappa shape index (κ1) is 19.5. The van der Waals surface area contributed by atoms with E-state index >= 15 is 0 Å². The van der Waals surface area contributed by atoms with Gasteiger partial charge in [0.2, 0.25) is 10.0 Å². The van der Waals surface area contributed by atoms with Gasteiger partial charge in [0.1, 0.15) is 11.2 Å². The summed E-state index contributed by atoms with van der Waals surface area (Å²) in [7, 11) is -2.13. The number of hydrogen-bond donors (Lipinski definition) is 1. The SMILES string of the molecule is COCCNC(=O)c1ncn2c1CN(CC(C)C)S(=O)(=O)c1ccccc1-2. The molecule has 1 aromatic heterocycles. The minimum absolute atomic E-state index is 0.0855. The topological polar surface area (TPSA) is 93.5 Å². The van der Waals surface area contributed by atoms with E-state index in [0.717, 1.165) is 0 Å². The third kappa shape index (κ3) is 3.76. The first-order chi connectivity index (χ1) is 12.9. The molecular weight excluding hydrogens is 368 g/mol. The Labute approximate surface area is 159 Å². The van der Waals surface area contributed by atoms with Gasteiger partial charge < -0.3 is 10.1 Å². The number of benzene rings is 1. The molecule has 0 saturated carbocycles. The maximum Gasteiger partial charge on any atom is 0.271 e. The van der Waals surface area contributed by atoms with Crippen LogP contribution in [0, 0.1) is 5.92 Å². The third-order valence-corrected chi connectivity index (χ3v) is 6.17. The first-order valence-corrected chi connectivity index (χ1v) is 10.2. The van der Waals surface area contributed by atoms with Crippen LogP contribution in [0.3, 0.4) is 0 Å². The van der Waals surface area contributed by atoms with Crippen molar-refractivity contribution in [3.63, 3.8) is 0 Å². The number of nitrogens with one attached hydrogen (secondary N) is 1. The summed E-state index contributed by atoms with van der Waals surface area (Å²) in [6, 6.07) is 6.79. The van der Waals surface area contributed by atoms with E-state index in [1.54, 1.807) is 35.9 Å². The number of hydrogen-bond acceptors (Lipinski definition) is 5. The average molecular weight is 392 g/mol. The molecule has 146 valence electrons. The van der Waals surface area contributed by atoms with Crippen LogP contribution in [0.1, 0.15) is 30.0 Å². The molecule has 0 bridgehead atoms. The lowest BCUT2D eigenvalue weighted by Crippen LogP contribution is -2.34. The normalized spacial score (nSPS) is 15.9. The van der Waals surface area contributed by atoms with Crippen molar-refractivity contribution in [2.75, 3.05) is 26.8 Å². The summed E-state index contributed by atoms with van der Waals surface area (Å²) in [5, 5.41) is 2.75. The molecule has 0 aliphatic carbocycles. The number of carbonyl (C=O) groups excluding carboxylic acids is 1. The van der Waals surface area contributed by atoms with Crippen LogP contribution in [0.5, 0.6) is 0 Å². The molecule has 0 unspecified atom stereocenters. The molecule has 8 nitrogen and oxygen atoms in total. The molecule has 2 aromatic rings. The number of ether oxygens (including phenoxy) is 1. The Hall–Kier alpha value is -2.23. The fourth-order valence-corrected chi connectivity index (χ4v) is 4.85. The van der Waals surface area contributed by atoms with E-state index in [4.69, 9.17) is 4.74 Å². The van der Waals surface area contributed by atoms with Crippen molar-refractivity contribution in [1.82, 2.24) is 19.2 Å². The van der Waals surface area contributed by atoms with Crippen LogP contribution in [0.4, 0.5) is 0 Å². The largest absolute Gasteiger partial charge is 0.383 e. The Kier molecular flexibility index (Phi) is 5.64. The number of rotatable bonds is 6. The fraction of sp³-hybridized carbons (Fsp3) is 0.444. The molecule has 1 N–H and O–H groups in total. The molecule has 0 saturated heterocycles. The second-order valence-corrected chi connectivity index (χ2v) is 8.72. The van der Waals surface area contributed by atoms with Crippen LogP contribution in [0.25, 0.3) is 5.69 Å². The van der Waals surface area contributed by atoms with Crippen molar-refractivity contribution < 1.29 is 17.9 Å². The molecule has 9 heteroatoms. The minimum Gasteiger partial charge on any atom is -0.383 e. The second-order valence-electron chi connectivity index (χ2n) is 6.82. The second kappa shape index (κ2) is 7.79. The third-order valence-electron chi connectivity index (χ3n) is 4.31. The molecule has 3 rings (SSSR count). The maximum absolute atomic E-state index is 13.2. The molecule has 1 aliphatic rings. The van der Waals surface area contributed by atoms with Gasteiger partial charge in [-0.15, -0.1) is 0 Å². The zero-order valence-corrected chi connectivity index (χ0v) is 16.5. The van der Waals surface area contributed by atoms with E-state index in [2.05, 4.69) is 10.3 Å². The Morgan fingerprint density at radius 3 is 2.78 bits per heavy atom. The molecule has 0 radical (unpaired) electrons. The molecular formula is C18H24N4O4S. The van der Waals surface area contributed by atoms with E-state index in [1.807, 2.05) is 13.8 Å². The average Bonchev–Trinajstić information content (AvgIpc) is 3.01. The van der Waals surface area contributed by atoms with Crippen LogP contribution in [0.2, 0.25) is 0 Å². The molecule has 0 fully saturated rings. The lowest BCUT2D eigenvalue weighted by molar-refractivity contribution is 0.0931. The molecule has 2 heterocycles. The summed E-state index contributed by atoms with van der Waals surface area (Å²) in [5.41, 5.74) is 1.29. The molecule has 0 atom stereocenters. The van der Waals surface area contributed by atoms with Gasteiger partial charge in [-0.2, -0.15) is 4.31 Å². The Balaban J connectivity index is 2.09. The molecule has 0 spiro atoms. The summed E-state index contributed by atoms with van der Waals surface area (Å²) in [6.07, 6.45) is 1.51. The van der Waals surface area contributed by atoms with Gasteiger partial charge >= 0.3 is 0 Å². The van der Waals surface area contributed by atoms with E-state index in [-0.39, 0.29) is 29.0 Å². The highest BCUT2D eigenvalue weighted by Gasteiger charge is 2.34. The van der Waals surface area contributed by atoms with Gasteiger partial charge in [0, 0.05) is 20.2 Å². The number of aromatic nitrogens is 2. The van der Waals surface area contributed by atoms with Crippen molar-refractivity contribution in [3.8, 4) is 5.69 Å². The molecule has 27 heavy (non-hydrogen) atoms. The van der Waals surface area contributed by atoms with E-state index in [9.17, 15) is 13.2 Å². The number of fused-ring (bicyclic) bond motifs is 3. The van der Waals surface area contributed by atoms with Crippen molar-refractivity contribution in [2.45, 2.75) is 25.3 Å². The van der Waals surface area contributed by atoms with Gasteiger partial charge in [-0.25, -0.2) is 13.4 Å². The fourth-order valence-electron chi connectivity index (χ4n) is 3.11. The van der Waals surface area contributed by atoms with Crippen molar-refractivity contribution in [3.05, 3.63) is 42.0 Å². The van der Waals surface area contributed by atoms with Crippen LogP contribution >= 0.6 is 0 Å². The highest BCUT2D eigenvalue weighted by Crippen LogP contribution is 2.31. The van der Waals surface area contributed by atoms with Crippen molar-refractivity contribution >= 4 is 15.9 Å². The summed E-state index contributed by atoms with van der Waals surface area (Å²) in [4.78, 5) is 17.0. The van der Waals surface area contributed by atoms with Crippen molar-refractivity contribution in [2.24, 2.45) is 5.92 Å². The maximum atomic E-state index is 13.2. The van der Waals surface area contributed by atoms with Gasteiger partial charge in [-0.05, 0) is 18.1 Å². The highest BCUT2D eigenvalue weighted by atomic mass is 32.2. The van der Waals surface area contributed by atoms with Crippen LogP contribution in [0.15, 0.2) is 35.5 Å². The number of sulfonamides is 1. The number of amides is 1. The van der Waals surface area contributed by atoms with E-state index < -0.39 is 10.0 Å². The zero-order valence-electron chi connectivity index (χ0n) is 15.7. The highest BCUT2D eigenvalue weighted by molar-refractivity contribution is 7.89. The van der Waals surface area contributed by atoms with Crippen molar-refractivity contribution in [1.29, 1.82) is 0 Å². The number of methoxy groups -OCH3 is 1. The molecule has 1 amide bonds. The quantitative estimate of drug-likeness (QED) is 0.750. The predicted molar refractivity (Wildman–Crippen MR) is 100 cm³/mol. The van der Waals surface area contributed by atoms with E-state index in [1.165, 1.54) is 10.6 Å². The monoisotopic (exact) mass is 392 g/mol. The Morgan fingerprint density at radius 2 is 2.07 bits per heavy atom. The van der Waals surface area contributed by atoms with Gasteiger partial charge in [-0.3, -0.25) is 9.36 Å². The standard InChI is InChI=1S/C18H24N4O4S/c1-13(2)10-21-11-15-17(18(23)19-8-9-26-3)20-12-22(15)14-6-4-5-7-16(14)27(21,24)25/h4-7,12-13H,8-11H2,1-3H3,(H,19,23). The van der Waals surface area contributed by atoms with Gasteiger partial charge in [0.25, 0.3) is 5.91 Å². The first-order valence-electron chi connectivity index (χ1n) is 8.79. The van der Waals surface area contributed by atoms with Gasteiger partial charge in [-0.1, -0.05) is 26.0 Å². The van der Waals surface area contributed by atoms with Gasteiger partial charge in [0.15, 0.2) is 5.69 Å². The number of imidazole rings is 1. The number of carbonyl (C=O) groups is 1. The smallest absolute Gasteiger partial charge is 0.271 e. The Morgan fingerprint density at radius 1 is 1.33 bits per heavy atom. The predicted octanol–water partition coefficient (Wildman–Crippen LogP) is 1.41. The molecule has 1 aliphatic heterocycles.